The Labute approximate surface area is 157 Å². The van der Waals surface area contributed by atoms with Crippen LogP contribution in [0.25, 0.3) is 0 Å². The molecular weight excluding hydrogens is 344 g/mol. The summed E-state index contributed by atoms with van der Waals surface area (Å²) in [6, 6.07) is 0. The molecule has 0 bridgehead atoms. The molecule has 0 saturated carbocycles. The van der Waals surface area contributed by atoms with Gasteiger partial charge in [0.25, 0.3) is 0 Å². The fourth-order valence-electron chi connectivity index (χ4n) is 1.63. The van der Waals surface area contributed by atoms with Gasteiger partial charge in [0.1, 0.15) is 6.61 Å². The molecule has 8 heteroatoms. The Morgan fingerprint density at radius 2 is 1.00 bits per heavy atom. The summed E-state index contributed by atoms with van der Waals surface area (Å²) in [5.74, 6) is -0.231. The second-order valence-corrected chi connectivity index (χ2v) is 5.53. The number of hydrogen-bond donors (Lipinski definition) is 0. The highest BCUT2D eigenvalue weighted by atomic mass is 16.6. The minimum absolute atomic E-state index is 0.0574. The van der Waals surface area contributed by atoms with Crippen LogP contribution in [0.3, 0.4) is 0 Å². The van der Waals surface area contributed by atoms with E-state index in [1.807, 2.05) is 13.8 Å². The molecule has 0 rings (SSSR count). The van der Waals surface area contributed by atoms with Gasteiger partial charge in [-0.1, -0.05) is 13.8 Å². The highest BCUT2D eigenvalue weighted by Gasteiger charge is 2.10. The summed E-state index contributed by atoms with van der Waals surface area (Å²) in [5.41, 5.74) is 0. The molecule has 0 spiro atoms. The van der Waals surface area contributed by atoms with Gasteiger partial charge in [0.2, 0.25) is 0 Å². The van der Waals surface area contributed by atoms with Crippen molar-refractivity contribution in [2.75, 3.05) is 86.4 Å². The summed E-state index contributed by atoms with van der Waals surface area (Å²) in [6.45, 7) is 9.79. The van der Waals surface area contributed by atoms with Crippen molar-refractivity contribution in [1.29, 1.82) is 0 Å². The minimum Gasteiger partial charge on any atom is -0.463 e. The van der Waals surface area contributed by atoms with Crippen molar-refractivity contribution in [1.82, 2.24) is 0 Å². The maximum absolute atomic E-state index is 11.4. The Morgan fingerprint density at radius 1 is 0.654 bits per heavy atom. The molecule has 0 aliphatic heterocycles. The first-order chi connectivity index (χ1) is 12.7. The summed E-state index contributed by atoms with van der Waals surface area (Å²) < 4.78 is 36.6. The average Bonchev–Trinajstić information content (AvgIpc) is 2.66. The Bertz CT molecular complexity index is 301. The van der Waals surface area contributed by atoms with Gasteiger partial charge in [0.05, 0.1) is 78.6 Å². The summed E-state index contributed by atoms with van der Waals surface area (Å²) in [6.07, 6.45) is 0.783. The molecule has 1 unspecified atom stereocenters. The molecule has 0 N–H and O–H groups in total. The number of rotatable bonds is 20. The van der Waals surface area contributed by atoms with Crippen LogP contribution in [0.2, 0.25) is 0 Å². The number of ether oxygens (including phenoxy) is 7. The molecule has 1 atom stereocenters. The number of carbonyl (C=O) groups is 1. The summed E-state index contributed by atoms with van der Waals surface area (Å²) >= 11 is 0. The van der Waals surface area contributed by atoms with Crippen molar-refractivity contribution in [2.45, 2.75) is 20.3 Å². The third kappa shape index (κ3) is 18.0. The van der Waals surface area contributed by atoms with E-state index < -0.39 is 0 Å². The van der Waals surface area contributed by atoms with Crippen LogP contribution in [-0.4, -0.2) is 92.4 Å². The maximum atomic E-state index is 11.4. The molecule has 0 aliphatic carbocycles. The van der Waals surface area contributed by atoms with E-state index in [1.54, 1.807) is 7.11 Å². The van der Waals surface area contributed by atoms with Crippen LogP contribution in [-0.2, 0) is 38.0 Å². The zero-order valence-corrected chi connectivity index (χ0v) is 16.5. The largest absolute Gasteiger partial charge is 0.463 e. The van der Waals surface area contributed by atoms with E-state index in [-0.39, 0.29) is 18.5 Å². The molecule has 8 nitrogen and oxygen atoms in total. The molecule has 0 aromatic rings. The standard InChI is InChI=1S/C18H36O8/c1-4-17(2)18(19)26-16-15-25-14-13-24-12-11-23-10-9-22-8-7-21-6-5-20-3/h17H,4-16H2,1-3H3. The smallest absolute Gasteiger partial charge is 0.308 e. The molecule has 0 aromatic carbocycles. The van der Waals surface area contributed by atoms with Crippen molar-refractivity contribution in [3.63, 3.8) is 0 Å². The van der Waals surface area contributed by atoms with Crippen molar-refractivity contribution in [2.24, 2.45) is 5.92 Å². The lowest BCUT2D eigenvalue weighted by Gasteiger charge is -2.10. The molecule has 156 valence electrons. The molecule has 0 amide bonds. The zero-order chi connectivity index (χ0) is 19.3. The number of hydrogen-bond acceptors (Lipinski definition) is 8. The van der Waals surface area contributed by atoms with Gasteiger partial charge in [-0.2, -0.15) is 0 Å². The SMILES string of the molecule is CCC(C)C(=O)OCCOCCOCCOCCOCCOCCOC. The van der Waals surface area contributed by atoms with Crippen molar-refractivity contribution in [3.8, 4) is 0 Å². The molecule has 26 heavy (non-hydrogen) atoms. The van der Waals surface area contributed by atoms with Gasteiger partial charge in [0, 0.05) is 7.11 Å². The normalized spacial score (nSPS) is 12.3. The molecule has 0 radical (unpaired) electrons. The van der Waals surface area contributed by atoms with Gasteiger partial charge in [0.15, 0.2) is 0 Å². The fourth-order valence-corrected chi connectivity index (χ4v) is 1.63. The van der Waals surface area contributed by atoms with Crippen molar-refractivity contribution >= 4 is 5.97 Å². The Morgan fingerprint density at radius 3 is 1.35 bits per heavy atom. The van der Waals surface area contributed by atoms with E-state index in [0.29, 0.717) is 72.7 Å². The Hall–Kier alpha value is -0.770. The topological polar surface area (TPSA) is 81.7 Å². The number of esters is 1. The number of carbonyl (C=O) groups excluding carboxylic acids is 1. The highest BCUT2D eigenvalue weighted by molar-refractivity contribution is 5.71. The van der Waals surface area contributed by atoms with Crippen molar-refractivity contribution < 1.29 is 38.0 Å². The lowest BCUT2D eigenvalue weighted by molar-refractivity contribution is -0.149. The third-order valence-electron chi connectivity index (χ3n) is 3.41. The third-order valence-corrected chi connectivity index (χ3v) is 3.41. The van der Waals surface area contributed by atoms with Gasteiger partial charge in [-0.3, -0.25) is 4.79 Å². The Kier molecular flexibility index (Phi) is 19.9. The predicted molar refractivity (Wildman–Crippen MR) is 96.4 cm³/mol. The van der Waals surface area contributed by atoms with Crippen molar-refractivity contribution in [3.05, 3.63) is 0 Å². The number of methoxy groups -OCH3 is 1. The molecule has 0 aromatic heterocycles. The van der Waals surface area contributed by atoms with Gasteiger partial charge < -0.3 is 33.2 Å². The summed E-state index contributed by atoms with van der Waals surface area (Å²) in [4.78, 5) is 11.4. The second-order valence-electron chi connectivity index (χ2n) is 5.53. The van der Waals surface area contributed by atoms with Gasteiger partial charge in [-0.25, -0.2) is 0 Å². The fraction of sp³-hybridized carbons (Fsp3) is 0.944. The first-order valence-corrected chi connectivity index (χ1v) is 9.26. The van der Waals surface area contributed by atoms with E-state index in [4.69, 9.17) is 33.2 Å². The molecule has 0 fully saturated rings. The van der Waals surface area contributed by atoms with Gasteiger partial charge in [-0.05, 0) is 6.42 Å². The molecule has 0 aliphatic rings. The maximum Gasteiger partial charge on any atom is 0.308 e. The van der Waals surface area contributed by atoms with Crippen LogP contribution in [0, 0.1) is 5.92 Å². The monoisotopic (exact) mass is 380 g/mol. The zero-order valence-electron chi connectivity index (χ0n) is 16.5. The first kappa shape index (κ1) is 25.2. The molecule has 0 heterocycles. The van der Waals surface area contributed by atoms with Crippen LogP contribution >= 0.6 is 0 Å². The van der Waals surface area contributed by atoms with E-state index in [9.17, 15) is 4.79 Å². The lowest BCUT2D eigenvalue weighted by Crippen LogP contribution is -2.18. The van der Waals surface area contributed by atoms with E-state index in [0.717, 1.165) is 6.42 Å². The molecular formula is C18H36O8. The highest BCUT2D eigenvalue weighted by Crippen LogP contribution is 2.02. The van der Waals surface area contributed by atoms with Crippen LogP contribution < -0.4 is 0 Å². The Balaban J connectivity index is 3.08. The van der Waals surface area contributed by atoms with Gasteiger partial charge in [-0.15, -0.1) is 0 Å². The molecule has 0 saturated heterocycles. The lowest BCUT2D eigenvalue weighted by atomic mass is 10.1. The first-order valence-electron chi connectivity index (χ1n) is 9.26. The van der Waals surface area contributed by atoms with E-state index in [2.05, 4.69) is 0 Å². The quantitative estimate of drug-likeness (QED) is 0.231. The van der Waals surface area contributed by atoms with Gasteiger partial charge >= 0.3 is 5.97 Å². The van der Waals surface area contributed by atoms with Crippen LogP contribution in [0.4, 0.5) is 0 Å². The summed E-state index contributed by atoms with van der Waals surface area (Å²) in [7, 11) is 1.64. The average molecular weight is 380 g/mol. The second kappa shape index (κ2) is 20.5. The van der Waals surface area contributed by atoms with Crippen LogP contribution in [0.1, 0.15) is 20.3 Å². The summed E-state index contributed by atoms with van der Waals surface area (Å²) in [5, 5.41) is 0. The van der Waals surface area contributed by atoms with E-state index in [1.165, 1.54) is 0 Å². The van der Waals surface area contributed by atoms with E-state index >= 15 is 0 Å². The predicted octanol–water partition coefficient (Wildman–Crippen LogP) is 1.31. The minimum atomic E-state index is -0.174. The van der Waals surface area contributed by atoms with Crippen LogP contribution in [0.5, 0.6) is 0 Å². The van der Waals surface area contributed by atoms with Crippen LogP contribution in [0.15, 0.2) is 0 Å².